The smallest absolute Gasteiger partial charge is 0.339 e. The fourth-order valence-corrected chi connectivity index (χ4v) is 2.11. The number of hydrogen-bond donors (Lipinski definition) is 2. The first-order valence-corrected chi connectivity index (χ1v) is 6.23. The predicted octanol–water partition coefficient (Wildman–Crippen LogP) is 1.33. The van der Waals surface area contributed by atoms with Crippen LogP contribution in [0, 0.1) is 12.8 Å². The lowest BCUT2D eigenvalue weighted by atomic mass is 10.1. The van der Waals surface area contributed by atoms with Crippen LogP contribution in [-0.2, 0) is 16.1 Å². The highest BCUT2D eigenvalue weighted by Crippen LogP contribution is 2.17. The van der Waals surface area contributed by atoms with Crippen molar-refractivity contribution in [1.82, 2.24) is 5.32 Å². The van der Waals surface area contributed by atoms with Gasteiger partial charge in [0.25, 0.3) is 0 Å². The molecule has 104 valence electrons. The molecular formula is C13H17NO5. The highest BCUT2D eigenvalue weighted by molar-refractivity contribution is 5.88. The standard InChI is InChI=1S/C13H17NO5/c1-8-11(13(16)17)5-10(19-8)6-14-12(15)4-9-2-3-18-7-9/h5,9H,2-4,6-7H2,1H3,(H,14,15)(H,16,17)/t9-/m0/s1. The zero-order valence-corrected chi connectivity index (χ0v) is 10.8. The van der Waals surface area contributed by atoms with Crippen molar-refractivity contribution in [1.29, 1.82) is 0 Å². The number of carbonyl (C=O) groups is 2. The molecule has 1 amide bonds. The number of furan rings is 1. The van der Waals surface area contributed by atoms with E-state index in [1.807, 2.05) is 0 Å². The van der Waals surface area contributed by atoms with E-state index in [2.05, 4.69) is 5.32 Å². The van der Waals surface area contributed by atoms with Crippen molar-refractivity contribution in [2.75, 3.05) is 13.2 Å². The summed E-state index contributed by atoms with van der Waals surface area (Å²) in [5, 5.41) is 11.6. The van der Waals surface area contributed by atoms with Gasteiger partial charge in [0.1, 0.15) is 17.1 Å². The van der Waals surface area contributed by atoms with Crippen LogP contribution in [0.3, 0.4) is 0 Å². The van der Waals surface area contributed by atoms with E-state index in [-0.39, 0.29) is 23.9 Å². The van der Waals surface area contributed by atoms with Crippen LogP contribution in [0.4, 0.5) is 0 Å². The minimum absolute atomic E-state index is 0.0681. The molecule has 0 unspecified atom stereocenters. The molecule has 1 fully saturated rings. The quantitative estimate of drug-likeness (QED) is 0.840. The summed E-state index contributed by atoms with van der Waals surface area (Å²) >= 11 is 0. The fourth-order valence-electron chi connectivity index (χ4n) is 2.11. The monoisotopic (exact) mass is 267 g/mol. The van der Waals surface area contributed by atoms with Gasteiger partial charge in [0.2, 0.25) is 5.91 Å². The molecule has 0 spiro atoms. The molecule has 1 aliphatic heterocycles. The molecule has 2 rings (SSSR count). The van der Waals surface area contributed by atoms with Crippen molar-refractivity contribution in [3.8, 4) is 0 Å². The van der Waals surface area contributed by atoms with Gasteiger partial charge in [-0.05, 0) is 25.3 Å². The van der Waals surface area contributed by atoms with Gasteiger partial charge in [-0.2, -0.15) is 0 Å². The van der Waals surface area contributed by atoms with E-state index in [1.165, 1.54) is 6.07 Å². The number of carboxylic acid groups (broad SMARTS) is 1. The second-order valence-electron chi connectivity index (χ2n) is 4.70. The Hall–Kier alpha value is -1.82. The summed E-state index contributed by atoms with van der Waals surface area (Å²) in [6.07, 6.45) is 1.35. The minimum atomic E-state index is -1.03. The van der Waals surface area contributed by atoms with Gasteiger partial charge in [-0.1, -0.05) is 0 Å². The molecule has 6 heteroatoms. The topological polar surface area (TPSA) is 88.8 Å². The SMILES string of the molecule is Cc1oc(CNC(=O)C[C@@H]2CCOC2)cc1C(=O)O. The van der Waals surface area contributed by atoms with Gasteiger partial charge in [0, 0.05) is 19.6 Å². The van der Waals surface area contributed by atoms with E-state index in [0.29, 0.717) is 24.5 Å². The summed E-state index contributed by atoms with van der Waals surface area (Å²) in [6.45, 7) is 3.15. The van der Waals surface area contributed by atoms with Crippen LogP contribution in [0.2, 0.25) is 0 Å². The van der Waals surface area contributed by atoms with Crippen molar-refractivity contribution < 1.29 is 23.8 Å². The third kappa shape index (κ3) is 3.57. The molecule has 2 heterocycles. The van der Waals surface area contributed by atoms with E-state index in [1.54, 1.807) is 6.92 Å². The summed E-state index contributed by atoms with van der Waals surface area (Å²) in [4.78, 5) is 22.5. The number of aryl methyl sites for hydroxylation is 1. The van der Waals surface area contributed by atoms with Crippen LogP contribution < -0.4 is 5.32 Å². The van der Waals surface area contributed by atoms with Crippen molar-refractivity contribution >= 4 is 11.9 Å². The van der Waals surface area contributed by atoms with Gasteiger partial charge >= 0.3 is 5.97 Å². The Labute approximate surface area is 110 Å². The maximum atomic E-state index is 11.7. The van der Waals surface area contributed by atoms with Crippen LogP contribution in [0.5, 0.6) is 0 Å². The molecule has 19 heavy (non-hydrogen) atoms. The number of amides is 1. The van der Waals surface area contributed by atoms with E-state index in [9.17, 15) is 9.59 Å². The Kier molecular flexibility index (Phi) is 4.21. The number of rotatable bonds is 5. The van der Waals surface area contributed by atoms with Crippen LogP contribution >= 0.6 is 0 Å². The molecule has 0 aliphatic carbocycles. The fraction of sp³-hybridized carbons (Fsp3) is 0.538. The van der Waals surface area contributed by atoms with Gasteiger partial charge < -0.3 is 19.6 Å². The summed E-state index contributed by atoms with van der Waals surface area (Å²) in [7, 11) is 0. The lowest BCUT2D eigenvalue weighted by molar-refractivity contribution is -0.122. The third-order valence-corrected chi connectivity index (χ3v) is 3.16. The maximum absolute atomic E-state index is 11.7. The number of nitrogens with one attached hydrogen (secondary N) is 1. The molecule has 1 aromatic rings. The second kappa shape index (κ2) is 5.88. The zero-order valence-electron chi connectivity index (χ0n) is 10.8. The van der Waals surface area contributed by atoms with Gasteiger partial charge in [-0.15, -0.1) is 0 Å². The maximum Gasteiger partial charge on any atom is 0.339 e. The molecule has 0 saturated carbocycles. The normalized spacial score (nSPS) is 18.5. The van der Waals surface area contributed by atoms with Crippen molar-refractivity contribution in [2.24, 2.45) is 5.92 Å². The average molecular weight is 267 g/mol. The number of hydrogen-bond acceptors (Lipinski definition) is 4. The first kappa shape index (κ1) is 13.6. The van der Waals surface area contributed by atoms with E-state index >= 15 is 0 Å². The molecule has 1 aromatic heterocycles. The van der Waals surface area contributed by atoms with Crippen molar-refractivity contribution in [2.45, 2.75) is 26.3 Å². The van der Waals surface area contributed by atoms with Crippen LogP contribution in [0.1, 0.15) is 34.7 Å². The van der Waals surface area contributed by atoms with Gasteiger partial charge in [-0.25, -0.2) is 4.79 Å². The molecule has 0 bridgehead atoms. The predicted molar refractivity (Wildman–Crippen MR) is 65.8 cm³/mol. The molecule has 2 N–H and O–H groups in total. The molecule has 1 aliphatic rings. The highest BCUT2D eigenvalue weighted by atomic mass is 16.5. The number of carbonyl (C=O) groups excluding carboxylic acids is 1. The lowest BCUT2D eigenvalue weighted by Crippen LogP contribution is -2.25. The Morgan fingerprint density at radius 3 is 2.89 bits per heavy atom. The van der Waals surface area contributed by atoms with Gasteiger partial charge in [-0.3, -0.25) is 4.79 Å². The summed E-state index contributed by atoms with van der Waals surface area (Å²) in [5.74, 6) is -0.0110. The Bertz CT molecular complexity index is 473. The largest absolute Gasteiger partial charge is 0.478 e. The van der Waals surface area contributed by atoms with E-state index in [0.717, 1.165) is 13.0 Å². The first-order valence-electron chi connectivity index (χ1n) is 6.23. The molecule has 0 aromatic carbocycles. The first-order chi connectivity index (χ1) is 9.06. The molecule has 0 radical (unpaired) electrons. The van der Waals surface area contributed by atoms with Crippen LogP contribution in [0.15, 0.2) is 10.5 Å². The van der Waals surface area contributed by atoms with Crippen molar-refractivity contribution in [3.05, 3.63) is 23.2 Å². The average Bonchev–Trinajstić information content (AvgIpc) is 2.96. The van der Waals surface area contributed by atoms with Gasteiger partial charge in [0.05, 0.1) is 6.54 Å². The van der Waals surface area contributed by atoms with Crippen LogP contribution in [0.25, 0.3) is 0 Å². The second-order valence-corrected chi connectivity index (χ2v) is 4.70. The number of carboxylic acids is 1. The summed E-state index contributed by atoms with van der Waals surface area (Å²) < 4.78 is 10.5. The Morgan fingerprint density at radius 2 is 2.32 bits per heavy atom. The Morgan fingerprint density at radius 1 is 1.53 bits per heavy atom. The molecule has 1 atom stereocenters. The molecule has 1 saturated heterocycles. The third-order valence-electron chi connectivity index (χ3n) is 3.16. The van der Waals surface area contributed by atoms with Crippen molar-refractivity contribution in [3.63, 3.8) is 0 Å². The summed E-state index contributed by atoms with van der Waals surface area (Å²) in [6, 6.07) is 1.44. The molecular weight excluding hydrogens is 250 g/mol. The van der Waals surface area contributed by atoms with Crippen LogP contribution in [-0.4, -0.2) is 30.2 Å². The number of ether oxygens (including phenoxy) is 1. The minimum Gasteiger partial charge on any atom is -0.478 e. The highest BCUT2D eigenvalue weighted by Gasteiger charge is 2.19. The zero-order chi connectivity index (χ0) is 13.8. The lowest BCUT2D eigenvalue weighted by Gasteiger charge is -2.07. The van der Waals surface area contributed by atoms with E-state index in [4.69, 9.17) is 14.3 Å². The van der Waals surface area contributed by atoms with E-state index < -0.39 is 5.97 Å². The summed E-state index contributed by atoms with van der Waals surface area (Å²) in [5.41, 5.74) is 0.133. The Balaban J connectivity index is 1.82. The van der Waals surface area contributed by atoms with Gasteiger partial charge in [0.15, 0.2) is 0 Å². The molecule has 6 nitrogen and oxygen atoms in total. The number of aromatic carboxylic acids is 1.